The van der Waals surface area contributed by atoms with Gasteiger partial charge in [-0.3, -0.25) is 9.69 Å². The summed E-state index contributed by atoms with van der Waals surface area (Å²) in [6.45, 7) is 7.91. The van der Waals surface area contributed by atoms with E-state index in [1.54, 1.807) is 24.3 Å². The molecular weight excluding hydrogens is 340 g/mol. The van der Waals surface area contributed by atoms with Crippen molar-refractivity contribution in [2.24, 2.45) is 11.7 Å². The van der Waals surface area contributed by atoms with Crippen LogP contribution in [-0.4, -0.2) is 69.9 Å². The SMILES string of the molecule is Cc1ccc(S(=O)(=O)NCCN2CCN(C(=O)C(C)CN)CC2)cc1. The largest absolute Gasteiger partial charge is 0.340 e. The van der Waals surface area contributed by atoms with Gasteiger partial charge in [0.2, 0.25) is 15.9 Å². The van der Waals surface area contributed by atoms with E-state index in [0.29, 0.717) is 32.7 Å². The first-order valence-electron chi connectivity index (χ1n) is 8.61. The Kier molecular flexibility index (Phi) is 6.95. The summed E-state index contributed by atoms with van der Waals surface area (Å²) in [7, 11) is -3.47. The van der Waals surface area contributed by atoms with Crippen LogP contribution in [0.3, 0.4) is 0 Å². The summed E-state index contributed by atoms with van der Waals surface area (Å²) in [5.74, 6) is -0.0462. The minimum atomic E-state index is -3.47. The third-order valence-corrected chi connectivity index (χ3v) is 5.99. The number of hydrogen-bond donors (Lipinski definition) is 2. The predicted octanol–water partition coefficient (Wildman–Crippen LogP) is 0.0123. The molecule has 1 heterocycles. The second-order valence-electron chi connectivity index (χ2n) is 6.51. The van der Waals surface area contributed by atoms with Crippen LogP contribution in [0.4, 0.5) is 0 Å². The van der Waals surface area contributed by atoms with Gasteiger partial charge in [-0.2, -0.15) is 0 Å². The van der Waals surface area contributed by atoms with E-state index in [9.17, 15) is 13.2 Å². The van der Waals surface area contributed by atoms with Gasteiger partial charge in [-0.15, -0.1) is 0 Å². The molecule has 1 amide bonds. The van der Waals surface area contributed by atoms with Crippen molar-refractivity contribution in [3.05, 3.63) is 29.8 Å². The van der Waals surface area contributed by atoms with E-state index in [-0.39, 0.29) is 16.7 Å². The van der Waals surface area contributed by atoms with Gasteiger partial charge in [-0.05, 0) is 19.1 Å². The van der Waals surface area contributed by atoms with Crippen molar-refractivity contribution in [3.8, 4) is 0 Å². The zero-order chi connectivity index (χ0) is 18.4. The van der Waals surface area contributed by atoms with Crippen LogP contribution in [0.5, 0.6) is 0 Å². The lowest BCUT2D eigenvalue weighted by Crippen LogP contribution is -2.52. The van der Waals surface area contributed by atoms with Crippen molar-refractivity contribution in [1.82, 2.24) is 14.5 Å². The van der Waals surface area contributed by atoms with Gasteiger partial charge < -0.3 is 10.6 Å². The molecule has 8 heteroatoms. The number of nitrogens with one attached hydrogen (secondary N) is 1. The third kappa shape index (κ3) is 5.50. The van der Waals surface area contributed by atoms with Gasteiger partial charge in [0.15, 0.2) is 0 Å². The van der Waals surface area contributed by atoms with Gasteiger partial charge in [-0.1, -0.05) is 24.6 Å². The molecule has 7 nitrogen and oxygen atoms in total. The number of benzene rings is 1. The Bertz CT molecular complexity index is 668. The summed E-state index contributed by atoms with van der Waals surface area (Å²) < 4.78 is 27.1. The fraction of sp³-hybridized carbons (Fsp3) is 0.588. The minimum absolute atomic E-state index is 0.0993. The number of carbonyl (C=O) groups excluding carboxylic acids is 1. The first-order chi connectivity index (χ1) is 11.8. The van der Waals surface area contributed by atoms with Crippen LogP contribution in [-0.2, 0) is 14.8 Å². The van der Waals surface area contributed by atoms with Crippen molar-refractivity contribution < 1.29 is 13.2 Å². The number of sulfonamides is 1. The molecule has 25 heavy (non-hydrogen) atoms. The maximum absolute atomic E-state index is 12.2. The third-order valence-electron chi connectivity index (χ3n) is 4.51. The Labute approximate surface area is 150 Å². The molecule has 2 rings (SSSR count). The van der Waals surface area contributed by atoms with Gasteiger partial charge in [0.05, 0.1) is 4.90 Å². The highest BCUT2D eigenvalue weighted by Gasteiger charge is 2.24. The fourth-order valence-electron chi connectivity index (χ4n) is 2.74. The molecule has 1 unspecified atom stereocenters. The average Bonchev–Trinajstić information content (AvgIpc) is 2.61. The number of nitrogens with zero attached hydrogens (tertiary/aromatic N) is 2. The van der Waals surface area contributed by atoms with Crippen LogP contribution in [0.1, 0.15) is 12.5 Å². The van der Waals surface area contributed by atoms with Crippen molar-refractivity contribution in [3.63, 3.8) is 0 Å². The Morgan fingerprint density at radius 3 is 2.36 bits per heavy atom. The predicted molar refractivity (Wildman–Crippen MR) is 97.6 cm³/mol. The molecule has 0 radical (unpaired) electrons. The summed E-state index contributed by atoms with van der Waals surface area (Å²) in [6.07, 6.45) is 0. The lowest BCUT2D eigenvalue weighted by Gasteiger charge is -2.35. The molecule has 0 aromatic heterocycles. The molecule has 0 bridgehead atoms. The average molecular weight is 369 g/mol. The molecule has 1 fully saturated rings. The smallest absolute Gasteiger partial charge is 0.240 e. The minimum Gasteiger partial charge on any atom is -0.340 e. The van der Waals surface area contributed by atoms with Crippen LogP contribution in [0.2, 0.25) is 0 Å². The van der Waals surface area contributed by atoms with E-state index in [1.165, 1.54) is 0 Å². The summed E-state index contributed by atoms with van der Waals surface area (Å²) in [6, 6.07) is 6.79. The Morgan fingerprint density at radius 2 is 1.80 bits per heavy atom. The second kappa shape index (κ2) is 8.75. The van der Waals surface area contributed by atoms with E-state index in [0.717, 1.165) is 18.7 Å². The number of piperazine rings is 1. The lowest BCUT2D eigenvalue weighted by molar-refractivity contribution is -0.136. The van der Waals surface area contributed by atoms with Gasteiger partial charge in [0.1, 0.15) is 0 Å². The van der Waals surface area contributed by atoms with E-state index in [2.05, 4.69) is 9.62 Å². The molecule has 1 saturated heterocycles. The van der Waals surface area contributed by atoms with Crippen molar-refractivity contribution in [1.29, 1.82) is 0 Å². The van der Waals surface area contributed by atoms with Crippen molar-refractivity contribution in [2.45, 2.75) is 18.7 Å². The van der Waals surface area contributed by atoms with E-state index in [1.807, 2.05) is 18.7 Å². The Hall–Kier alpha value is -1.48. The van der Waals surface area contributed by atoms with Crippen LogP contribution in [0.25, 0.3) is 0 Å². The highest BCUT2D eigenvalue weighted by molar-refractivity contribution is 7.89. The molecular formula is C17H28N4O3S. The van der Waals surface area contributed by atoms with Gasteiger partial charge in [0, 0.05) is 51.7 Å². The number of rotatable bonds is 7. The zero-order valence-electron chi connectivity index (χ0n) is 14.9. The number of aryl methyl sites for hydroxylation is 1. The van der Waals surface area contributed by atoms with Crippen molar-refractivity contribution >= 4 is 15.9 Å². The Balaban J connectivity index is 1.76. The Morgan fingerprint density at radius 1 is 1.20 bits per heavy atom. The first kappa shape index (κ1) is 19.8. The number of hydrogen-bond acceptors (Lipinski definition) is 5. The summed E-state index contributed by atoms with van der Waals surface area (Å²) in [5, 5.41) is 0. The second-order valence-corrected chi connectivity index (χ2v) is 8.28. The van der Waals surface area contributed by atoms with Gasteiger partial charge >= 0.3 is 0 Å². The molecule has 1 aliphatic heterocycles. The number of amides is 1. The van der Waals surface area contributed by atoms with E-state index >= 15 is 0 Å². The molecule has 140 valence electrons. The number of carbonyl (C=O) groups is 1. The molecule has 0 saturated carbocycles. The summed E-state index contributed by atoms with van der Waals surface area (Å²) in [4.78, 5) is 16.4. The topological polar surface area (TPSA) is 95.7 Å². The molecule has 0 spiro atoms. The van der Waals surface area contributed by atoms with Crippen LogP contribution < -0.4 is 10.5 Å². The maximum Gasteiger partial charge on any atom is 0.240 e. The maximum atomic E-state index is 12.2. The highest BCUT2D eigenvalue weighted by Crippen LogP contribution is 2.10. The highest BCUT2D eigenvalue weighted by atomic mass is 32.2. The van der Waals surface area contributed by atoms with Crippen molar-refractivity contribution in [2.75, 3.05) is 45.8 Å². The monoisotopic (exact) mass is 368 g/mol. The molecule has 1 aromatic rings. The van der Waals surface area contributed by atoms with Gasteiger partial charge in [0.25, 0.3) is 0 Å². The lowest BCUT2D eigenvalue weighted by atomic mass is 10.1. The first-order valence-corrected chi connectivity index (χ1v) is 10.1. The van der Waals surface area contributed by atoms with Crippen LogP contribution in [0.15, 0.2) is 29.2 Å². The zero-order valence-corrected chi connectivity index (χ0v) is 15.8. The molecule has 1 aliphatic rings. The molecule has 0 aliphatic carbocycles. The van der Waals surface area contributed by atoms with Gasteiger partial charge in [-0.25, -0.2) is 13.1 Å². The normalized spacial score (nSPS) is 17.5. The quantitative estimate of drug-likeness (QED) is 0.707. The van der Waals surface area contributed by atoms with E-state index in [4.69, 9.17) is 5.73 Å². The van der Waals surface area contributed by atoms with Crippen LogP contribution >= 0.6 is 0 Å². The summed E-state index contributed by atoms with van der Waals surface area (Å²) in [5.41, 5.74) is 6.57. The van der Waals surface area contributed by atoms with Crippen LogP contribution in [0, 0.1) is 12.8 Å². The molecule has 1 atom stereocenters. The summed E-state index contributed by atoms with van der Waals surface area (Å²) >= 11 is 0. The number of nitrogens with two attached hydrogens (primary N) is 1. The molecule has 1 aromatic carbocycles. The standard InChI is InChI=1S/C17H28N4O3S/c1-14-3-5-16(6-4-14)25(23,24)19-7-8-20-9-11-21(12-10-20)17(22)15(2)13-18/h3-6,15,19H,7-13,18H2,1-2H3. The van der Waals surface area contributed by atoms with E-state index < -0.39 is 10.0 Å². The fourth-order valence-corrected chi connectivity index (χ4v) is 3.76. The molecule has 3 N–H and O–H groups in total.